The molecule has 2 nitrogen and oxygen atoms in total. The summed E-state index contributed by atoms with van der Waals surface area (Å²) in [6.45, 7) is 2.52. The summed E-state index contributed by atoms with van der Waals surface area (Å²) in [4.78, 5) is 0. The van der Waals surface area contributed by atoms with Crippen LogP contribution >= 0.6 is 11.6 Å². The Hall–Kier alpha value is -1.67. The highest BCUT2D eigenvalue weighted by atomic mass is 35.5. The van der Waals surface area contributed by atoms with Crippen LogP contribution in [0.1, 0.15) is 24.0 Å². The number of aryl methyl sites for hydroxylation is 2. The van der Waals surface area contributed by atoms with E-state index in [1.54, 1.807) is 6.07 Å². The maximum Gasteiger partial charge on any atom is 0.141 e. The number of aromatic hydroxyl groups is 1. The molecule has 0 spiro atoms. The van der Waals surface area contributed by atoms with E-state index < -0.39 is 0 Å². The van der Waals surface area contributed by atoms with Gasteiger partial charge >= 0.3 is 0 Å². The van der Waals surface area contributed by atoms with Gasteiger partial charge in [0, 0.05) is 6.07 Å². The molecule has 0 aliphatic carbocycles. The molecule has 0 radical (unpaired) electrons. The lowest BCUT2D eigenvalue weighted by molar-refractivity contribution is 0.304. The predicted octanol–water partition coefficient (Wildman–Crippen LogP) is 4.76. The predicted molar refractivity (Wildman–Crippen MR) is 82.7 cm³/mol. The average molecular weight is 291 g/mol. The molecule has 0 aliphatic rings. The third kappa shape index (κ3) is 4.17. The number of phenolic OH excluding ortho intramolecular Hbond substituents is 1. The molecule has 2 aromatic rings. The van der Waals surface area contributed by atoms with Crippen LogP contribution in [0.3, 0.4) is 0 Å². The summed E-state index contributed by atoms with van der Waals surface area (Å²) < 4.78 is 5.72. The third-order valence-corrected chi connectivity index (χ3v) is 3.44. The molecule has 0 fully saturated rings. The third-order valence-electron chi connectivity index (χ3n) is 3.16. The Morgan fingerprint density at radius 3 is 2.55 bits per heavy atom. The van der Waals surface area contributed by atoms with E-state index in [0.717, 1.165) is 24.8 Å². The molecule has 0 heterocycles. The first-order valence-electron chi connectivity index (χ1n) is 6.82. The molecule has 3 heteroatoms. The lowest BCUT2D eigenvalue weighted by Gasteiger charge is -2.11. The summed E-state index contributed by atoms with van der Waals surface area (Å²) in [5, 5.41) is 9.88. The number of rotatable bonds is 6. The van der Waals surface area contributed by atoms with Crippen LogP contribution < -0.4 is 4.74 Å². The van der Waals surface area contributed by atoms with E-state index in [1.165, 1.54) is 11.6 Å². The highest BCUT2D eigenvalue weighted by Gasteiger charge is 2.07. The van der Waals surface area contributed by atoms with Gasteiger partial charge in [-0.25, -0.2) is 0 Å². The minimum absolute atomic E-state index is 0.170. The van der Waals surface area contributed by atoms with Crippen molar-refractivity contribution >= 4 is 11.6 Å². The van der Waals surface area contributed by atoms with Gasteiger partial charge in [0.2, 0.25) is 0 Å². The number of hydrogen-bond acceptors (Lipinski definition) is 2. The molecule has 106 valence electrons. The number of hydrogen-bond donors (Lipinski definition) is 1. The Morgan fingerprint density at radius 2 is 1.85 bits per heavy atom. The van der Waals surface area contributed by atoms with Gasteiger partial charge in [0.05, 0.1) is 11.6 Å². The molecule has 0 atom stereocenters. The summed E-state index contributed by atoms with van der Waals surface area (Å²) in [5.41, 5.74) is 2.21. The van der Waals surface area contributed by atoms with E-state index in [0.29, 0.717) is 17.4 Å². The summed E-state index contributed by atoms with van der Waals surface area (Å²) in [5.74, 6) is 0.841. The van der Waals surface area contributed by atoms with Crippen LogP contribution in [0.2, 0.25) is 5.02 Å². The van der Waals surface area contributed by atoms with E-state index >= 15 is 0 Å². The number of phenols is 1. The van der Waals surface area contributed by atoms with E-state index in [1.807, 2.05) is 13.0 Å². The van der Waals surface area contributed by atoms with Gasteiger partial charge in [0.1, 0.15) is 11.5 Å². The second kappa shape index (κ2) is 7.20. The molecule has 0 saturated carbocycles. The molecule has 0 unspecified atom stereocenters. The first-order valence-corrected chi connectivity index (χ1v) is 7.20. The Labute approximate surface area is 125 Å². The van der Waals surface area contributed by atoms with Crippen LogP contribution in [0, 0.1) is 6.92 Å². The van der Waals surface area contributed by atoms with Crippen LogP contribution in [0.25, 0.3) is 0 Å². The van der Waals surface area contributed by atoms with Crippen molar-refractivity contribution < 1.29 is 9.84 Å². The highest BCUT2D eigenvalue weighted by Crippen LogP contribution is 2.32. The summed E-state index contributed by atoms with van der Waals surface area (Å²) in [6.07, 6.45) is 3.12. The van der Waals surface area contributed by atoms with Crippen LogP contribution in [-0.4, -0.2) is 11.7 Å². The Morgan fingerprint density at radius 1 is 1.10 bits per heavy atom. The van der Waals surface area contributed by atoms with Gasteiger partial charge in [0.15, 0.2) is 0 Å². The van der Waals surface area contributed by atoms with E-state index in [4.69, 9.17) is 16.3 Å². The zero-order chi connectivity index (χ0) is 14.4. The summed E-state index contributed by atoms with van der Waals surface area (Å²) >= 11 is 6.06. The van der Waals surface area contributed by atoms with Gasteiger partial charge in [-0.3, -0.25) is 0 Å². The monoisotopic (exact) mass is 290 g/mol. The molecule has 1 N–H and O–H groups in total. The zero-order valence-electron chi connectivity index (χ0n) is 11.6. The fraction of sp³-hybridized carbons (Fsp3) is 0.294. The van der Waals surface area contributed by atoms with Gasteiger partial charge in [-0.05, 0) is 43.4 Å². The van der Waals surface area contributed by atoms with Crippen molar-refractivity contribution in [1.29, 1.82) is 0 Å². The minimum atomic E-state index is 0.170. The lowest BCUT2D eigenvalue weighted by atomic mass is 10.1. The second-order valence-corrected chi connectivity index (χ2v) is 5.27. The van der Waals surface area contributed by atoms with Crippen molar-refractivity contribution in [3.8, 4) is 11.5 Å². The van der Waals surface area contributed by atoms with Crippen molar-refractivity contribution in [3.63, 3.8) is 0 Å². The molecule has 0 bridgehead atoms. The second-order valence-electron chi connectivity index (χ2n) is 4.86. The average Bonchev–Trinajstić information content (AvgIpc) is 2.42. The Kier molecular flexibility index (Phi) is 5.31. The van der Waals surface area contributed by atoms with Crippen molar-refractivity contribution in [2.75, 3.05) is 6.61 Å². The Bertz CT molecular complexity index is 529. The molecule has 20 heavy (non-hydrogen) atoms. The fourth-order valence-electron chi connectivity index (χ4n) is 2.15. The summed E-state index contributed by atoms with van der Waals surface area (Å²) in [6, 6.07) is 13.6. The number of ether oxygens (including phenoxy) is 1. The lowest BCUT2D eigenvalue weighted by Crippen LogP contribution is -2.00. The van der Waals surface area contributed by atoms with Gasteiger partial charge in [-0.1, -0.05) is 41.9 Å². The van der Waals surface area contributed by atoms with Crippen molar-refractivity contribution in [1.82, 2.24) is 0 Å². The smallest absolute Gasteiger partial charge is 0.141 e. The molecule has 0 aromatic heterocycles. The van der Waals surface area contributed by atoms with Gasteiger partial charge < -0.3 is 9.84 Å². The van der Waals surface area contributed by atoms with Crippen molar-refractivity contribution in [2.45, 2.75) is 26.2 Å². The molecule has 2 aromatic carbocycles. The van der Waals surface area contributed by atoms with Gasteiger partial charge in [-0.2, -0.15) is 0 Å². The topological polar surface area (TPSA) is 29.5 Å². The first-order chi connectivity index (χ1) is 9.66. The molecular weight excluding hydrogens is 272 g/mol. The first kappa shape index (κ1) is 14.7. The maximum absolute atomic E-state index is 9.41. The fourth-order valence-corrected chi connectivity index (χ4v) is 2.46. The minimum Gasteiger partial charge on any atom is -0.508 e. The van der Waals surface area contributed by atoms with Crippen LogP contribution in [-0.2, 0) is 6.42 Å². The molecule has 0 aliphatic heterocycles. The van der Waals surface area contributed by atoms with Crippen molar-refractivity contribution in [2.24, 2.45) is 0 Å². The highest BCUT2D eigenvalue weighted by molar-refractivity contribution is 6.32. The number of unbranched alkanes of at least 4 members (excludes halogenated alkanes) is 1. The Balaban J connectivity index is 1.76. The maximum atomic E-state index is 9.41. The molecule has 0 saturated heterocycles. The van der Waals surface area contributed by atoms with Crippen LogP contribution in [0.4, 0.5) is 0 Å². The standard InChI is InChI=1S/C17H19ClO2/c1-13-11-15(19)12-16(18)17(13)20-10-6-5-9-14-7-3-2-4-8-14/h2-4,7-8,11-12,19H,5-6,9-10H2,1H3. The van der Waals surface area contributed by atoms with Crippen LogP contribution in [0.5, 0.6) is 11.5 Å². The summed E-state index contributed by atoms with van der Waals surface area (Å²) in [7, 11) is 0. The van der Waals surface area contributed by atoms with Gasteiger partial charge in [-0.15, -0.1) is 0 Å². The van der Waals surface area contributed by atoms with E-state index in [2.05, 4.69) is 24.3 Å². The number of halogens is 1. The SMILES string of the molecule is Cc1cc(O)cc(Cl)c1OCCCCc1ccccc1. The quantitative estimate of drug-likeness (QED) is 0.778. The normalized spacial score (nSPS) is 10.5. The zero-order valence-corrected chi connectivity index (χ0v) is 12.4. The molecular formula is C17H19ClO2. The van der Waals surface area contributed by atoms with Crippen LogP contribution in [0.15, 0.2) is 42.5 Å². The van der Waals surface area contributed by atoms with E-state index in [-0.39, 0.29) is 5.75 Å². The van der Waals surface area contributed by atoms with Gasteiger partial charge in [0.25, 0.3) is 0 Å². The van der Waals surface area contributed by atoms with Crippen molar-refractivity contribution in [3.05, 3.63) is 58.6 Å². The number of benzene rings is 2. The molecule has 2 rings (SSSR count). The molecule has 0 amide bonds. The van der Waals surface area contributed by atoms with E-state index in [9.17, 15) is 5.11 Å². The largest absolute Gasteiger partial charge is 0.508 e.